The zero-order valence-corrected chi connectivity index (χ0v) is 13.0. The van der Waals surface area contributed by atoms with Gasteiger partial charge in [-0.15, -0.1) is 11.6 Å². The van der Waals surface area contributed by atoms with Crippen molar-refractivity contribution in [2.75, 3.05) is 31.1 Å². The molecular formula is C15H24ClN3. The summed E-state index contributed by atoms with van der Waals surface area (Å²) in [6, 6.07) is 4.89. The zero-order chi connectivity index (χ0) is 13.8. The molecule has 4 heteroatoms. The molecule has 0 N–H and O–H groups in total. The molecule has 1 aliphatic heterocycles. The summed E-state index contributed by atoms with van der Waals surface area (Å²) in [5, 5.41) is 0. The number of halogens is 1. The lowest BCUT2D eigenvalue weighted by molar-refractivity contribution is 0.192. The van der Waals surface area contributed by atoms with E-state index in [9.17, 15) is 0 Å². The summed E-state index contributed by atoms with van der Waals surface area (Å²) >= 11 is 5.88. The molecule has 1 fully saturated rings. The second-order valence-electron chi connectivity index (χ2n) is 5.33. The van der Waals surface area contributed by atoms with Crippen molar-refractivity contribution in [3.63, 3.8) is 0 Å². The van der Waals surface area contributed by atoms with Gasteiger partial charge in [-0.2, -0.15) is 0 Å². The second-order valence-corrected chi connectivity index (χ2v) is 5.60. The maximum Gasteiger partial charge on any atom is 0.128 e. The van der Waals surface area contributed by atoms with Crippen molar-refractivity contribution in [2.45, 2.75) is 39.1 Å². The number of rotatable bonds is 4. The van der Waals surface area contributed by atoms with Crippen LogP contribution in [0.2, 0.25) is 0 Å². The molecule has 1 aliphatic rings. The average molecular weight is 282 g/mol. The summed E-state index contributed by atoms with van der Waals surface area (Å²) in [5.74, 6) is 1.64. The van der Waals surface area contributed by atoms with E-state index in [0.717, 1.165) is 43.3 Å². The first kappa shape index (κ1) is 14.6. The Hall–Kier alpha value is -0.800. The number of hydrogen-bond acceptors (Lipinski definition) is 3. The van der Waals surface area contributed by atoms with E-state index in [4.69, 9.17) is 11.6 Å². The smallest absolute Gasteiger partial charge is 0.128 e. The molecule has 3 nitrogen and oxygen atoms in total. The molecular weight excluding hydrogens is 258 g/mol. The number of piperazine rings is 1. The average Bonchev–Trinajstić information content (AvgIpc) is 2.46. The normalized spacial score (nSPS) is 18.6. The van der Waals surface area contributed by atoms with E-state index in [-0.39, 0.29) is 0 Å². The summed E-state index contributed by atoms with van der Waals surface area (Å²) in [7, 11) is 0. The van der Waals surface area contributed by atoms with Crippen molar-refractivity contribution in [1.82, 2.24) is 9.88 Å². The Labute approximate surface area is 121 Å². The van der Waals surface area contributed by atoms with E-state index in [1.165, 1.54) is 6.42 Å². The van der Waals surface area contributed by atoms with E-state index in [0.29, 0.717) is 11.9 Å². The fourth-order valence-corrected chi connectivity index (χ4v) is 2.83. The summed E-state index contributed by atoms with van der Waals surface area (Å²) in [5.41, 5.74) is 2.18. The molecule has 0 spiro atoms. The Balaban J connectivity index is 1.99. The number of pyridine rings is 1. The lowest BCUT2D eigenvalue weighted by Crippen LogP contribution is -2.49. The molecule has 1 aromatic heterocycles. The van der Waals surface area contributed by atoms with Crippen LogP contribution >= 0.6 is 11.6 Å². The highest BCUT2D eigenvalue weighted by atomic mass is 35.5. The Morgan fingerprint density at radius 2 is 1.95 bits per heavy atom. The van der Waals surface area contributed by atoms with E-state index in [1.54, 1.807) is 0 Å². The molecule has 19 heavy (non-hydrogen) atoms. The molecule has 106 valence electrons. The van der Waals surface area contributed by atoms with Gasteiger partial charge in [0.05, 0.1) is 0 Å². The Morgan fingerprint density at radius 3 is 2.47 bits per heavy atom. The van der Waals surface area contributed by atoms with E-state index < -0.39 is 0 Å². The van der Waals surface area contributed by atoms with Gasteiger partial charge in [-0.05, 0) is 31.9 Å². The molecule has 1 unspecified atom stereocenters. The van der Waals surface area contributed by atoms with Gasteiger partial charge >= 0.3 is 0 Å². The number of hydrogen-bond donors (Lipinski definition) is 0. The number of alkyl halides is 1. The van der Waals surface area contributed by atoms with Crippen LogP contribution in [0, 0.1) is 6.92 Å². The predicted molar refractivity (Wildman–Crippen MR) is 82.1 cm³/mol. The Kier molecular flexibility index (Phi) is 5.06. The van der Waals surface area contributed by atoms with Crippen LogP contribution in [0.15, 0.2) is 12.1 Å². The van der Waals surface area contributed by atoms with E-state index in [1.807, 2.05) is 6.92 Å². The summed E-state index contributed by atoms with van der Waals surface area (Å²) in [4.78, 5) is 9.63. The van der Waals surface area contributed by atoms with Gasteiger partial charge in [0.1, 0.15) is 5.82 Å². The minimum Gasteiger partial charge on any atom is -0.354 e. The quantitative estimate of drug-likeness (QED) is 0.791. The summed E-state index contributed by atoms with van der Waals surface area (Å²) in [6.07, 6.45) is 1.22. The largest absolute Gasteiger partial charge is 0.354 e. The van der Waals surface area contributed by atoms with Crippen LogP contribution in [-0.4, -0.2) is 42.1 Å². The second kappa shape index (κ2) is 6.58. The monoisotopic (exact) mass is 281 g/mol. The van der Waals surface area contributed by atoms with Crippen molar-refractivity contribution in [2.24, 2.45) is 0 Å². The number of aromatic nitrogens is 1. The first-order valence-corrected chi connectivity index (χ1v) is 7.70. The molecule has 0 bridgehead atoms. The molecule has 1 saturated heterocycles. The lowest BCUT2D eigenvalue weighted by Gasteiger charge is -2.38. The van der Waals surface area contributed by atoms with Gasteiger partial charge in [-0.1, -0.05) is 13.0 Å². The van der Waals surface area contributed by atoms with Gasteiger partial charge in [0.25, 0.3) is 0 Å². The maximum atomic E-state index is 5.88. The van der Waals surface area contributed by atoms with E-state index in [2.05, 4.69) is 40.8 Å². The number of nitrogens with zero attached hydrogens (tertiary/aromatic N) is 3. The van der Waals surface area contributed by atoms with E-state index >= 15 is 0 Å². The lowest BCUT2D eigenvalue weighted by atomic mass is 10.2. The van der Waals surface area contributed by atoms with Crippen LogP contribution in [0.4, 0.5) is 5.82 Å². The van der Waals surface area contributed by atoms with Crippen LogP contribution in [0.1, 0.15) is 31.5 Å². The third kappa shape index (κ3) is 3.40. The third-order valence-corrected chi connectivity index (χ3v) is 4.46. The van der Waals surface area contributed by atoms with Crippen LogP contribution in [-0.2, 0) is 5.88 Å². The van der Waals surface area contributed by atoms with Crippen LogP contribution in [0.3, 0.4) is 0 Å². The molecule has 2 heterocycles. The molecule has 0 amide bonds. The molecule has 0 radical (unpaired) electrons. The van der Waals surface area contributed by atoms with Gasteiger partial charge < -0.3 is 4.90 Å². The molecule has 1 aromatic rings. The topological polar surface area (TPSA) is 19.4 Å². The Bertz CT molecular complexity index is 414. The highest BCUT2D eigenvalue weighted by Crippen LogP contribution is 2.18. The minimum atomic E-state index is 0.543. The molecule has 1 atom stereocenters. The molecule has 2 rings (SSSR count). The SMILES string of the molecule is CCC(C)N1CCN(c2ccc(CCl)c(C)n2)CC1. The van der Waals surface area contributed by atoms with Crippen molar-refractivity contribution in [3.8, 4) is 0 Å². The first-order chi connectivity index (χ1) is 9.15. The Morgan fingerprint density at radius 1 is 1.26 bits per heavy atom. The van der Waals surface area contributed by atoms with Gasteiger partial charge in [0, 0.05) is 43.8 Å². The van der Waals surface area contributed by atoms with Gasteiger partial charge in [-0.25, -0.2) is 4.98 Å². The maximum absolute atomic E-state index is 5.88. The van der Waals surface area contributed by atoms with Crippen molar-refractivity contribution in [3.05, 3.63) is 23.4 Å². The third-order valence-electron chi connectivity index (χ3n) is 4.18. The number of anilines is 1. The predicted octanol–water partition coefficient (Wildman–Crippen LogP) is 3.05. The minimum absolute atomic E-state index is 0.543. The van der Waals surface area contributed by atoms with Crippen LogP contribution in [0.5, 0.6) is 0 Å². The molecule has 0 saturated carbocycles. The fraction of sp³-hybridized carbons (Fsp3) is 0.667. The molecule has 0 aromatic carbocycles. The molecule has 0 aliphatic carbocycles. The standard InChI is InChI=1S/C15H24ClN3/c1-4-12(2)18-7-9-19(10-8-18)15-6-5-14(11-16)13(3)17-15/h5-6,12H,4,7-11H2,1-3H3. The van der Waals surface area contributed by atoms with Crippen LogP contribution < -0.4 is 4.90 Å². The summed E-state index contributed by atoms with van der Waals surface area (Å²) < 4.78 is 0. The summed E-state index contributed by atoms with van der Waals surface area (Å²) in [6.45, 7) is 11.0. The highest BCUT2D eigenvalue weighted by molar-refractivity contribution is 6.17. The van der Waals surface area contributed by atoms with Crippen molar-refractivity contribution < 1.29 is 0 Å². The first-order valence-electron chi connectivity index (χ1n) is 7.17. The van der Waals surface area contributed by atoms with Crippen molar-refractivity contribution >= 4 is 17.4 Å². The van der Waals surface area contributed by atoms with Gasteiger partial charge in [0.15, 0.2) is 0 Å². The van der Waals surface area contributed by atoms with Gasteiger partial charge in [-0.3, -0.25) is 4.90 Å². The fourth-order valence-electron chi connectivity index (χ4n) is 2.54. The van der Waals surface area contributed by atoms with Gasteiger partial charge in [0.2, 0.25) is 0 Å². The van der Waals surface area contributed by atoms with Crippen LogP contribution in [0.25, 0.3) is 0 Å². The zero-order valence-electron chi connectivity index (χ0n) is 12.2. The number of aryl methyl sites for hydroxylation is 1. The highest BCUT2D eigenvalue weighted by Gasteiger charge is 2.21. The van der Waals surface area contributed by atoms with Crippen molar-refractivity contribution in [1.29, 1.82) is 0 Å².